The molecular formula is C10H19N3OS. The van der Waals surface area contributed by atoms with Crippen molar-refractivity contribution in [2.45, 2.75) is 45.2 Å². The number of nitrogens with one attached hydrogen (secondary N) is 1. The Balaban J connectivity index is 2.50. The molecule has 0 radical (unpaired) electrons. The van der Waals surface area contributed by atoms with E-state index in [1.807, 2.05) is 13.8 Å². The molecule has 1 aliphatic heterocycles. The van der Waals surface area contributed by atoms with Gasteiger partial charge in [0.05, 0.1) is 6.04 Å². The van der Waals surface area contributed by atoms with Gasteiger partial charge in [-0.15, -0.1) is 0 Å². The van der Waals surface area contributed by atoms with E-state index in [-0.39, 0.29) is 11.4 Å². The molecule has 5 heteroatoms. The zero-order valence-electron chi connectivity index (χ0n) is 9.54. The lowest BCUT2D eigenvalue weighted by atomic mass is 10.0. The maximum atomic E-state index is 10.8. The summed E-state index contributed by atoms with van der Waals surface area (Å²) in [7, 11) is 0. The van der Waals surface area contributed by atoms with E-state index in [0.717, 1.165) is 17.3 Å². The summed E-state index contributed by atoms with van der Waals surface area (Å²) in [5.74, 6) is 0.744. The summed E-state index contributed by atoms with van der Waals surface area (Å²) in [6.07, 6.45) is 1.39. The fourth-order valence-electron chi connectivity index (χ4n) is 1.46. The van der Waals surface area contributed by atoms with Crippen molar-refractivity contribution in [2.75, 3.05) is 5.75 Å². The Labute approximate surface area is 95.1 Å². The van der Waals surface area contributed by atoms with Crippen molar-refractivity contribution < 1.29 is 4.79 Å². The molecule has 15 heavy (non-hydrogen) atoms. The van der Waals surface area contributed by atoms with Gasteiger partial charge < -0.3 is 11.1 Å². The van der Waals surface area contributed by atoms with Gasteiger partial charge in [0.2, 0.25) is 5.91 Å². The van der Waals surface area contributed by atoms with E-state index in [2.05, 4.69) is 17.2 Å². The number of primary amides is 1. The third-order valence-electron chi connectivity index (χ3n) is 2.25. The number of aliphatic imine (C=N–C) groups is 1. The van der Waals surface area contributed by atoms with Gasteiger partial charge in [0.1, 0.15) is 0 Å². The van der Waals surface area contributed by atoms with Crippen molar-refractivity contribution in [3.63, 3.8) is 0 Å². The Morgan fingerprint density at radius 1 is 1.73 bits per heavy atom. The van der Waals surface area contributed by atoms with Crippen LogP contribution < -0.4 is 11.1 Å². The quantitative estimate of drug-likeness (QED) is 0.759. The highest BCUT2D eigenvalue weighted by molar-refractivity contribution is 8.14. The topological polar surface area (TPSA) is 67.5 Å². The largest absolute Gasteiger partial charge is 0.370 e. The first-order chi connectivity index (χ1) is 6.93. The monoisotopic (exact) mass is 229 g/mol. The van der Waals surface area contributed by atoms with Crippen LogP contribution in [-0.2, 0) is 4.79 Å². The summed E-state index contributed by atoms with van der Waals surface area (Å²) in [6, 6.07) is 0.418. The number of carbonyl (C=O) groups excluding carboxylic acids is 1. The Kier molecular flexibility index (Phi) is 4.02. The summed E-state index contributed by atoms with van der Waals surface area (Å²) in [5, 5.41) is 4.20. The van der Waals surface area contributed by atoms with Crippen LogP contribution in [0.2, 0.25) is 0 Å². The third-order valence-corrected chi connectivity index (χ3v) is 3.28. The van der Waals surface area contributed by atoms with Crippen LogP contribution in [0.5, 0.6) is 0 Å². The number of amidine groups is 1. The Morgan fingerprint density at radius 2 is 2.40 bits per heavy atom. The first kappa shape index (κ1) is 12.4. The highest BCUT2D eigenvalue weighted by atomic mass is 32.2. The van der Waals surface area contributed by atoms with Crippen LogP contribution in [0, 0.1) is 0 Å². The van der Waals surface area contributed by atoms with E-state index >= 15 is 0 Å². The molecule has 4 nitrogen and oxygen atoms in total. The zero-order valence-corrected chi connectivity index (χ0v) is 10.4. The van der Waals surface area contributed by atoms with Crippen molar-refractivity contribution in [3.05, 3.63) is 0 Å². The van der Waals surface area contributed by atoms with Crippen LogP contribution in [0.1, 0.15) is 33.6 Å². The number of nitrogens with zero attached hydrogens (tertiary/aromatic N) is 1. The second-order valence-corrected chi connectivity index (χ2v) is 5.47. The molecule has 0 fully saturated rings. The summed E-state index contributed by atoms with van der Waals surface area (Å²) >= 11 is 1.72. The first-order valence-corrected chi connectivity index (χ1v) is 6.18. The maximum Gasteiger partial charge on any atom is 0.219 e. The van der Waals surface area contributed by atoms with Gasteiger partial charge in [-0.05, 0) is 20.3 Å². The van der Waals surface area contributed by atoms with Crippen LogP contribution in [-0.4, -0.2) is 28.4 Å². The van der Waals surface area contributed by atoms with Gasteiger partial charge in [-0.3, -0.25) is 9.79 Å². The van der Waals surface area contributed by atoms with Gasteiger partial charge in [0.15, 0.2) is 5.17 Å². The minimum absolute atomic E-state index is 0.289. The molecule has 1 amide bonds. The van der Waals surface area contributed by atoms with Gasteiger partial charge in [-0.25, -0.2) is 0 Å². The van der Waals surface area contributed by atoms with Gasteiger partial charge in [-0.1, -0.05) is 18.7 Å². The van der Waals surface area contributed by atoms with Gasteiger partial charge in [-0.2, -0.15) is 0 Å². The normalized spacial score (nSPS) is 21.3. The lowest BCUT2D eigenvalue weighted by Crippen LogP contribution is -2.44. The van der Waals surface area contributed by atoms with Crippen LogP contribution in [0.15, 0.2) is 4.99 Å². The van der Waals surface area contributed by atoms with E-state index in [1.54, 1.807) is 11.8 Å². The molecule has 0 saturated carbocycles. The summed E-state index contributed by atoms with van der Waals surface area (Å²) in [5.41, 5.74) is 4.88. The van der Waals surface area contributed by atoms with Crippen molar-refractivity contribution in [1.29, 1.82) is 0 Å². The minimum atomic E-state index is -0.305. The number of amides is 1. The molecule has 1 heterocycles. The number of rotatable bonds is 4. The molecular weight excluding hydrogens is 210 g/mol. The fourth-order valence-corrected chi connectivity index (χ4v) is 2.69. The average molecular weight is 229 g/mol. The Morgan fingerprint density at radius 3 is 2.87 bits per heavy atom. The molecule has 86 valence electrons. The lowest BCUT2D eigenvalue weighted by Gasteiger charge is -2.25. The SMILES string of the molecule is CCC1CSC(NC(C)(C)CC(N)=O)=N1. The summed E-state index contributed by atoms with van der Waals surface area (Å²) in [6.45, 7) is 6.05. The van der Waals surface area contributed by atoms with Crippen LogP contribution >= 0.6 is 11.8 Å². The summed E-state index contributed by atoms with van der Waals surface area (Å²) in [4.78, 5) is 15.4. The van der Waals surface area contributed by atoms with Crippen molar-refractivity contribution >= 4 is 22.8 Å². The second-order valence-electron chi connectivity index (χ2n) is 4.46. The first-order valence-electron chi connectivity index (χ1n) is 5.20. The van der Waals surface area contributed by atoms with E-state index in [4.69, 9.17) is 5.73 Å². The highest BCUT2D eigenvalue weighted by Crippen LogP contribution is 2.21. The van der Waals surface area contributed by atoms with Crippen LogP contribution in [0.3, 0.4) is 0 Å². The summed E-state index contributed by atoms with van der Waals surface area (Å²) < 4.78 is 0. The standard InChI is InChI=1S/C10H19N3OS/c1-4-7-6-15-9(12-7)13-10(2,3)5-8(11)14/h7H,4-6H2,1-3H3,(H2,11,14)(H,12,13). The van der Waals surface area contributed by atoms with Gasteiger partial charge >= 0.3 is 0 Å². The number of carbonyl (C=O) groups is 1. The van der Waals surface area contributed by atoms with Gasteiger partial charge in [0, 0.05) is 17.7 Å². The van der Waals surface area contributed by atoms with Crippen LogP contribution in [0.4, 0.5) is 0 Å². The highest BCUT2D eigenvalue weighted by Gasteiger charge is 2.25. The van der Waals surface area contributed by atoms with Crippen molar-refractivity contribution in [2.24, 2.45) is 10.7 Å². The third kappa shape index (κ3) is 4.11. The molecule has 1 rings (SSSR count). The lowest BCUT2D eigenvalue weighted by molar-refractivity contribution is -0.119. The predicted octanol–water partition coefficient (Wildman–Crippen LogP) is 1.11. The molecule has 1 aliphatic rings. The van der Waals surface area contributed by atoms with E-state index in [9.17, 15) is 4.79 Å². The number of hydrogen-bond donors (Lipinski definition) is 2. The Hall–Kier alpha value is -0.710. The fraction of sp³-hybridized carbons (Fsp3) is 0.800. The molecule has 0 saturated heterocycles. The van der Waals surface area contributed by atoms with E-state index in [1.165, 1.54) is 0 Å². The molecule has 1 unspecified atom stereocenters. The molecule has 0 aromatic rings. The molecule has 3 N–H and O–H groups in total. The number of nitrogens with two attached hydrogens (primary N) is 1. The Bertz CT molecular complexity index is 276. The molecule has 1 atom stereocenters. The molecule has 0 aromatic heterocycles. The van der Waals surface area contributed by atoms with E-state index < -0.39 is 0 Å². The molecule has 0 aromatic carbocycles. The number of thioether (sulfide) groups is 1. The molecule has 0 bridgehead atoms. The predicted molar refractivity (Wildman–Crippen MR) is 65.0 cm³/mol. The van der Waals surface area contributed by atoms with Crippen molar-refractivity contribution in [1.82, 2.24) is 5.32 Å². The zero-order chi connectivity index (χ0) is 11.5. The average Bonchev–Trinajstić information content (AvgIpc) is 2.48. The van der Waals surface area contributed by atoms with Gasteiger partial charge in [0.25, 0.3) is 0 Å². The molecule has 0 spiro atoms. The molecule has 0 aliphatic carbocycles. The van der Waals surface area contributed by atoms with Crippen molar-refractivity contribution in [3.8, 4) is 0 Å². The second kappa shape index (κ2) is 4.88. The van der Waals surface area contributed by atoms with E-state index in [0.29, 0.717) is 12.5 Å². The minimum Gasteiger partial charge on any atom is -0.370 e. The van der Waals surface area contributed by atoms with Crippen LogP contribution in [0.25, 0.3) is 0 Å². The smallest absolute Gasteiger partial charge is 0.219 e. The number of hydrogen-bond acceptors (Lipinski definition) is 4. The maximum absolute atomic E-state index is 10.8.